The molecule has 0 aliphatic rings. The van der Waals surface area contributed by atoms with Gasteiger partial charge in [0, 0.05) is 11.1 Å². The van der Waals surface area contributed by atoms with E-state index in [1.165, 1.54) is 24.3 Å². The minimum atomic E-state index is -0.139. The average Bonchev–Trinajstić information content (AvgIpc) is 2.78. The first-order valence-electron chi connectivity index (χ1n) is 9.59. The van der Waals surface area contributed by atoms with Crippen LogP contribution >= 0.6 is 0 Å². The van der Waals surface area contributed by atoms with Crippen molar-refractivity contribution in [3.8, 4) is 23.0 Å². The summed E-state index contributed by atoms with van der Waals surface area (Å²) in [5.41, 5.74) is 3.28. The van der Waals surface area contributed by atoms with E-state index >= 15 is 0 Å². The third-order valence-corrected chi connectivity index (χ3v) is 4.54. The van der Waals surface area contributed by atoms with Crippen molar-refractivity contribution in [3.05, 3.63) is 119 Å². The van der Waals surface area contributed by atoms with Gasteiger partial charge in [-0.15, -0.1) is 0 Å². The van der Waals surface area contributed by atoms with Gasteiger partial charge in [-0.1, -0.05) is 24.3 Å². The summed E-state index contributed by atoms with van der Waals surface area (Å²) in [6, 6.07) is 26.4. The van der Waals surface area contributed by atoms with Gasteiger partial charge in [0.15, 0.2) is 5.78 Å². The first-order chi connectivity index (χ1) is 14.9. The second-order valence-electron chi connectivity index (χ2n) is 6.93. The Labute approximate surface area is 180 Å². The van der Waals surface area contributed by atoms with Gasteiger partial charge in [-0.25, -0.2) is 0 Å². The van der Waals surface area contributed by atoms with Gasteiger partial charge < -0.3 is 20.4 Å². The molecule has 0 heterocycles. The minimum Gasteiger partial charge on any atom is -0.508 e. The zero-order valence-electron chi connectivity index (χ0n) is 16.6. The highest BCUT2D eigenvalue weighted by Gasteiger charge is 2.08. The van der Waals surface area contributed by atoms with Gasteiger partial charge in [-0.05, 0) is 90.3 Å². The van der Waals surface area contributed by atoms with Crippen LogP contribution in [-0.2, 0) is 6.42 Å². The Morgan fingerprint density at radius 2 is 0.710 bits per heavy atom. The lowest BCUT2D eigenvalue weighted by molar-refractivity contribution is 0.103. The molecule has 31 heavy (non-hydrogen) atoms. The van der Waals surface area contributed by atoms with E-state index in [9.17, 15) is 4.79 Å². The zero-order chi connectivity index (χ0) is 22.2. The minimum absolute atomic E-state index is 0.127. The molecule has 5 heteroatoms. The van der Waals surface area contributed by atoms with E-state index in [1.54, 1.807) is 48.5 Å². The van der Waals surface area contributed by atoms with Crippen molar-refractivity contribution in [1.82, 2.24) is 0 Å². The monoisotopic (exact) mass is 414 g/mol. The van der Waals surface area contributed by atoms with Gasteiger partial charge in [0.1, 0.15) is 23.0 Å². The molecular weight excluding hydrogens is 392 g/mol. The quantitative estimate of drug-likeness (QED) is 0.352. The summed E-state index contributed by atoms with van der Waals surface area (Å²) in [5.74, 6) is 0.679. The van der Waals surface area contributed by atoms with E-state index < -0.39 is 0 Å². The number of phenols is 4. The Kier molecular flexibility index (Phi) is 6.91. The summed E-state index contributed by atoms with van der Waals surface area (Å²) in [4.78, 5) is 11.9. The number of hydrogen-bond acceptors (Lipinski definition) is 5. The van der Waals surface area contributed by atoms with Crippen LogP contribution in [-0.4, -0.2) is 26.2 Å². The first kappa shape index (κ1) is 21.5. The molecule has 0 spiro atoms. The molecule has 4 rings (SSSR count). The third-order valence-electron chi connectivity index (χ3n) is 4.54. The van der Waals surface area contributed by atoms with Crippen LogP contribution in [0.3, 0.4) is 0 Å². The molecule has 0 bridgehead atoms. The number of rotatable bonds is 4. The largest absolute Gasteiger partial charge is 0.508 e. The number of aromatic hydroxyl groups is 4. The van der Waals surface area contributed by atoms with Crippen molar-refractivity contribution in [1.29, 1.82) is 0 Å². The SMILES string of the molecule is O=C(c1ccc(O)cc1)c1ccc(O)cc1.Oc1ccc(Cc2ccc(O)cc2)cc1. The lowest BCUT2D eigenvalue weighted by atomic mass is 10.0. The highest BCUT2D eigenvalue weighted by Crippen LogP contribution is 2.17. The highest BCUT2D eigenvalue weighted by molar-refractivity contribution is 6.09. The second kappa shape index (κ2) is 9.98. The van der Waals surface area contributed by atoms with Crippen LogP contribution in [0.4, 0.5) is 0 Å². The fourth-order valence-corrected chi connectivity index (χ4v) is 2.86. The number of hydrogen-bond donors (Lipinski definition) is 4. The molecule has 5 nitrogen and oxygen atoms in total. The number of ketones is 1. The summed E-state index contributed by atoms with van der Waals surface area (Å²) >= 11 is 0. The van der Waals surface area contributed by atoms with Gasteiger partial charge in [0.25, 0.3) is 0 Å². The Morgan fingerprint density at radius 3 is 1.00 bits per heavy atom. The van der Waals surface area contributed by atoms with Crippen molar-refractivity contribution >= 4 is 5.78 Å². The maximum Gasteiger partial charge on any atom is 0.193 e. The summed E-state index contributed by atoms with van der Waals surface area (Å²) in [5, 5.41) is 36.5. The van der Waals surface area contributed by atoms with Gasteiger partial charge in [-0.2, -0.15) is 0 Å². The van der Waals surface area contributed by atoms with E-state index in [1.807, 2.05) is 24.3 Å². The maximum absolute atomic E-state index is 11.9. The van der Waals surface area contributed by atoms with Crippen molar-refractivity contribution in [2.24, 2.45) is 0 Å². The lowest BCUT2D eigenvalue weighted by Gasteiger charge is -2.02. The van der Waals surface area contributed by atoms with Crippen LogP contribution in [0.2, 0.25) is 0 Å². The fraction of sp³-hybridized carbons (Fsp3) is 0.0385. The highest BCUT2D eigenvalue weighted by atomic mass is 16.3. The third kappa shape index (κ3) is 6.37. The van der Waals surface area contributed by atoms with Crippen molar-refractivity contribution in [3.63, 3.8) is 0 Å². The molecule has 0 fully saturated rings. The van der Waals surface area contributed by atoms with E-state index in [0.29, 0.717) is 11.1 Å². The summed E-state index contributed by atoms with van der Waals surface area (Å²) < 4.78 is 0. The fourth-order valence-electron chi connectivity index (χ4n) is 2.86. The van der Waals surface area contributed by atoms with E-state index in [2.05, 4.69) is 0 Å². The van der Waals surface area contributed by atoms with Crippen LogP contribution < -0.4 is 0 Å². The number of benzene rings is 4. The van der Waals surface area contributed by atoms with Crippen molar-refractivity contribution in [2.45, 2.75) is 6.42 Å². The number of phenolic OH excluding ortho intramolecular Hbond substituents is 4. The van der Waals surface area contributed by atoms with E-state index in [4.69, 9.17) is 20.4 Å². The van der Waals surface area contributed by atoms with Crippen LogP contribution in [0.25, 0.3) is 0 Å². The molecule has 0 aromatic heterocycles. The smallest absolute Gasteiger partial charge is 0.193 e. The molecule has 4 N–H and O–H groups in total. The maximum atomic E-state index is 11.9. The summed E-state index contributed by atoms with van der Waals surface area (Å²) in [7, 11) is 0. The van der Waals surface area contributed by atoms with Crippen molar-refractivity contribution < 1.29 is 25.2 Å². The first-order valence-corrected chi connectivity index (χ1v) is 9.59. The molecule has 0 amide bonds. The summed E-state index contributed by atoms with van der Waals surface area (Å²) in [6.45, 7) is 0. The molecule has 156 valence electrons. The number of carbonyl (C=O) groups is 1. The standard InChI is InChI=1S/C13H10O3.C13H12O2/c14-11-5-1-9(2-6-11)13(16)10-3-7-12(15)8-4-10;14-12-5-1-10(2-6-12)9-11-3-7-13(15)8-4-11/h1-8,14-15H;1-8,14-15H,9H2. The zero-order valence-corrected chi connectivity index (χ0v) is 16.6. The van der Waals surface area contributed by atoms with Gasteiger partial charge >= 0.3 is 0 Å². The molecule has 4 aromatic rings. The second-order valence-corrected chi connectivity index (χ2v) is 6.93. The van der Waals surface area contributed by atoms with Crippen LogP contribution in [0, 0.1) is 0 Å². The molecule has 0 atom stereocenters. The Bertz CT molecular complexity index is 1020. The predicted octanol–water partition coefficient (Wildman–Crippen LogP) is 5.02. The number of carbonyl (C=O) groups excluding carboxylic acids is 1. The topological polar surface area (TPSA) is 98.0 Å². The Morgan fingerprint density at radius 1 is 0.452 bits per heavy atom. The molecule has 0 unspecified atom stereocenters. The summed E-state index contributed by atoms with van der Waals surface area (Å²) in [6.07, 6.45) is 0.806. The van der Waals surface area contributed by atoms with Crippen molar-refractivity contribution in [2.75, 3.05) is 0 Å². The predicted molar refractivity (Wildman–Crippen MR) is 119 cm³/mol. The molecule has 0 aliphatic carbocycles. The Balaban J connectivity index is 0.000000176. The normalized spacial score (nSPS) is 10.1. The molecule has 0 radical (unpaired) electrons. The molecule has 0 saturated heterocycles. The van der Waals surface area contributed by atoms with E-state index in [0.717, 1.165) is 17.5 Å². The average molecular weight is 414 g/mol. The van der Waals surface area contributed by atoms with Gasteiger partial charge in [0.2, 0.25) is 0 Å². The Hall–Kier alpha value is -4.25. The van der Waals surface area contributed by atoms with Gasteiger partial charge in [-0.3, -0.25) is 4.79 Å². The molecule has 0 saturated carbocycles. The van der Waals surface area contributed by atoms with Gasteiger partial charge in [0.05, 0.1) is 0 Å². The van der Waals surface area contributed by atoms with E-state index in [-0.39, 0.29) is 28.8 Å². The van der Waals surface area contributed by atoms with Crippen LogP contribution in [0.15, 0.2) is 97.1 Å². The molecule has 0 aliphatic heterocycles. The molecular formula is C26H22O5. The van der Waals surface area contributed by atoms with Crippen LogP contribution in [0.1, 0.15) is 27.0 Å². The van der Waals surface area contributed by atoms with Crippen LogP contribution in [0.5, 0.6) is 23.0 Å². The lowest BCUT2D eigenvalue weighted by Crippen LogP contribution is -2.00. The molecule has 4 aromatic carbocycles.